The van der Waals surface area contributed by atoms with E-state index in [4.69, 9.17) is 0 Å². The van der Waals surface area contributed by atoms with Crippen LogP contribution in [0.2, 0.25) is 0 Å². The van der Waals surface area contributed by atoms with E-state index in [0.717, 1.165) is 40.6 Å². The highest BCUT2D eigenvalue weighted by Gasteiger charge is 2.24. The van der Waals surface area contributed by atoms with Crippen LogP contribution in [0.1, 0.15) is 17.3 Å². The average Bonchev–Trinajstić information content (AvgIpc) is 2.83. The molecule has 1 aromatic heterocycles. The Labute approximate surface area is 132 Å². The van der Waals surface area contributed by atoms with E-state index in [0.29, 0.717) is 6.04 Å². The summed E-state index contributed by atoms with van der Waals surface area (Å²) < 4.78 is 0.956. The molecule has 20 heavy (non-hydrogen) atoms. The van der Waals surface area contributed by atoms with Gasteiger partial charge in [0.1, 0.15) is 0 Å². The van der Waals surface area contributed by atoms with Crippen molar-refractivity contribution < 1.29 is 4.79 Å². The van der Waals surface area contributed by atoms with Crippen LogP contribution in [-0.2, 0) is 0 Å². The molecule has 2 N–H and O–H groups in total. The standard InChI is InChI=1S/C14H16BrN3O.ClH/c1-9-8-18(6-5-16-9)14(19)10-7-17-12-4-2-3-11(15)13(10)12;/h2-4,7,9,16-17H,5-6,8H2,1H3;1H/t9-;/m1./s1. The van der Waals surface area contributed by atoms with Gasteiger partial charge in [0.25, 0.3) is 5.91 Å². The zero-order valence-corrected chi connectivity index (χ0v) is 13.6. The molecule has 0 spiro atoms. The van der Waals surface area contributed by atoms with Crippen LogP contribution in [0, 0.1) is 0 Å². The largest absolute Gasteiger partial charge is 0.360 e. The number of aromatic amines is 1. The van der Waals surface area contributed by atoms with E-state index >= 15 is 0 Å². The van der Waals surface area contributed by atoms with Crippen molar-refractivity contribution in [3.8, 4) is 0 Å². The van der Waals surface area contributed by atoms with Gasteiger partial charge in [-0.2, -0.15) is 0 Å². The number of carbonyl (C=O) groups excluding carboxylic acids is 1. The van der Waals surface area contributed by atoms with Crippen molar-refractivity contribution in [2.24, 2.45) is 0 Å². The van der Waals surface area contributed by atoms with Crippen molar-refractivity contribution in [2.75, 3.05) is 19.6 Å². The Hall–Kier alpha value is -1.04. The molecule has 3 rings (SSSR count). The summed E-state index contributed by atoms with van der Waals surface area (Å²) in [6, 6.07) is 6.26. The predicted octanol–water partition coefficient (Wildman–Crippen LogP) is 2.79. The molecular weight excluding hydrogens is 342 g/mol. The Morgan fingerprint density at radius 2 is 2.25 bits per heavy atom. The van der Waals surface area contributed by atoms with Gasteiger partial charge < -0.3 is 15.2 Å². The maximum Gasteiger partial charge on any atom is 0.256 e. The van der Waals surface area contributed by atoms with Crippen LogP contribution >= 0.6 is 28.3 Å². The van der Waals surface area contributed by atoms with Crippen molar-refractivity contribution in [1.29, 1.82) is 0 Å². The number of halogens is 2. The highest BCUT2D eigenvalue weighted by Crippen LogP contribution is 2.27. The fourth-order valence-corrected chi connectivity index (χ4v) is 3.18. The SMILES string of the molecule is C[C@@H]1CN(C(=O)c2c[nH]c3cccc(Br)c23)CCN1.Cl. The Bertz CT molecular complexity index is 628. The molecule has 0 unspecified atom stereocenters. The summed E-state index contributed by atoms with van der Waals surface area (Å²) in [5, 5.41) is 4.32. The van der Waals surface area contributed by atoms with Crippen LogP contribution in [0.4, 0.5) is 0 Å². The van der Waals surface area contributed by atoms with Gasteiger partial charge in [-0.1, -0.05) is 22.0 Å². The molecule has 2 aromatic rings. The molecule has 2 heterocycles. The van der Waals surface area contributed by atoms with Crippen LogP contribution in [0.3, 0.4) is 0 Å². The van der Waals surface area contributed by atoms with Crippen LogP contribution in [0.5, 0.6) is 0 Å². The molecule has 1 aliphatic heterocycles. The molecule has 1 amide bonds. The van der Waals surface area contributed by atoms with Crippen molar-refractivity contribution >= 4 is 45.1 Å². The number of nitrogens with zero attached hydrogens (tertiary/aromatic N) is 1. The first-order valence-corrected chi connectivity index (χ1v) is 7.24. The fourth-order valence-electron chi connectivity index (χ4n) is 2.60. The quantitative estimate of drug-likeness (QED) is 0.823. The molecule has 1 saturated heterocycles. The fraction of sp³-hybridized carbons (Fsp3) is 0.357. The summed E-state index contributed by atoms with van der Waals surface area (Å²) in [4.78, 5) is 17.7. The van der Waals surface area contributed by atoms with Crippen LogP contribution < -0.4 is 5.32 Å². The second kappa shape index (κ2) is 6.16. The number of carbonyl (C=O) groups is 1. The minimum absolute atomic E-state index is 0. The smallest absolute Gasteiger partial charge is 0.256 e. The van der Waals surface area contributed by atoms with Gasteiger partial charge in [-0.3, -0.25) is 4.79 Å². The first-order chi connectivity index (χ1) is 9.16. The molecule has 4 nitrogen and oxygen atoms in total. The highest BCUT2D eigenvalue weighted by molar-refractivity contribution is 9.10. The predicted molar refractivity (Wildman–Crippen MR) is 86.6 cm³/mol. The van der Waals surface area contributed by atoms with E-state index in [1.54, 1.807) is 0 Å². The van der Waals surface area contributed by atoms with Gasteiger partial charge in [0.15, 0.2) is 0 Å². The zero-order valence-electron chi connectivity index (χ0n) is 11.1. The van der Waals surface area contributed by atoms with E-state index < -0.39 is 0 Å². The minimum atomic E-state index is 0. The number of benzene rings is 1. The van der Waals surface area contributed by atoms with Crippen molar-refractivity contribution in [3.05, 3.63) is 34.4 Å². The van der Waals surface area contributed by atoms with E-state index in [2.05, 4.69) is 33.2 Å². The Morgan fingerprint density at radius 1 is 1.45 bits per heavy atom. The van der Waals surface area contributed by atoms with Gasteiger partial charge >= 0.3 is 0 Å². The Balaban J connectivity index is 0.00000147. The number of nitrogens with one attached hydrogen (secondary N) is 2. The summed E-state index contributed by atoms with van der Waals surface area (Å²) in [6.45, 7) is 4.48. The second-order valence-corrected chi connectivity index (χ2v) is 5.83. The van der Waals surface area contributed by atoms with Crippen LogP contribution in [-0.4, -0.2) is 41.5 Å². The number of fused-ring (bicyclic) bond motifs is 1. The van der Waals surface area contributed by atoms with Gasteiger partial charge in [-0.15, -0.1) is 12.4 Å². The number of aromatic nitrogens is 1. The van der Waals surface area contributed by atoms with Crippen LogP contribution in [0.25, 0.3) is 10.9 Å². The summed E-state index contributed by atoms with van der Waals surface area (Å²) in [7, 11) is 0. The molecule has 1 atom stereocenters. The lowest BCUT2D eigenvalue weighted by molar-refractivity contribution is 0.0711. The van der Waals surface area contributed by atoms with Crippen LogP contribution in [0.15, 0.2) is 28.9 Å². The third kappa shape index (κ3) is 2.71. The summed E-state index contributed by atoms with van der Waals surface area (Å²) in [6.07, 6.45) is 1.81. The number of rotatable bonds is 1. The second-order valence-electron chi connectivity index (χ2n) is 4.97. The molecule has 1 fully saturated rings. The van der Waals surface area contributed by atoms with E-state index in [1.165, 1.54) is 0 Å². The summed E-state index contributed by atoms with van der Waals surface area (Å²) in [5.74, 6) is 0.103. The first-order valence-electron chi connectivity index (χ1n) is 6.45. The normalized spacial score (nSPS) is 18.9. The third-order valence-electron chi connectivity index (χ3n) is 3.54. The maximum absolute atomic E-state index is 12.6. The molecule has 1 aromatic carbocycles. The summed E-state index contributed by atoms with van der Waals surface area (Å²) in [5.41, 5.74) is 1.73. The molecular formula is C14H17BrClN3O. The number of hydrogen-bond donors (Lipinski definition) is 2. The monoisotopic (exact) mass is 357 g/mol. The van der Waals surface area contributed by atoms with Crippen molar-refractivity contribution in [3.63, 3.8) is 0 Å². The summed E-state index contributed by atoms with van der Waals surface area (Å²) >= 11 is 3.53. The molecule has 0 aliphatic carbocycles. The lowest BCUT2D eigenvalue weighted by atomic mass is 10.1. The Morgan fingerprint density at radius 3 is 3.00 bits per heavy atom. The van der Waals surface area contributed by atoms with Gasteiger partial charge in [-0.25, -0.2) is 0 Å². The average molecular weight is 359 g/mol. The Kier molecular flexibility index (Phi) is 4.73. The van der Waals surface area contributed by atoms with Gasteiger partial charge in [0, 0.05) is 47.2 Å². The molecule has 108 valence electrons. The van der Waals surface area contributed by atoms with E-state index in [9.17, 15) is 4.79 Å². The number of hydrogen-bond acceptors (Lipinski definition) is 2. The highest BCUT2D eigenvalue weighted by atomic mass is 79.9. The van der Waals surface area contributed by atoms with E-state index in [-0.39, 0.29) is 18.3 Å². The molecule has 1 aliphatic rings. The van der Waals surface area contributed by atoms with Gasteiger partial charge in [0.2, 0.25) is 0 Å². The number of H-pyrrole nitrogens is 1. The molecule has 0 saturated carbocycles. The third-order valence-corrected chi connectivity index (χ3v) is 4.20. The van der Waals surface area contributed by atoms with Crippen molar-refractivity contribution in [2.45, 2.75) is 13.0 Å². The lowest BCUT2D eigenvalue weighted by Crippen LogP contribution is -2.51. The topological polar surface area (TPSA) is 48.1 Å². The molecule has 6 heteroatoms. The molecule has 0 radical (unpaired) electrons. The first kappa shape index (κ1) is 15.4. The number of amides is 1. The minimum Gasteiger partial charge on any atom is -0.360 e. The number of piperazine rings is 1. The lowest BCUT2D eigenvalue weighted by Gasteiger charge is -2.31. The molecule has 0 bridgehead atoms. The zero-order chi connectivity index (χ0) is 13.4. The van der Waals surface area contributed by atoms with Crippen molar-refractivity contribution in [1.82, 2.24) is 15.2 Å². The van der Waals surface area contributed by atoms with Gasteiger partial charge in [0.05, 0.1) is 5.56 Å². The van der Waals surface area contributed by atoms with E-state index in [1.807, 2.05) is 29.3 Å². The maximum atomic E-state index is 12.6. The van der Waals surface area contributed by atoms with Gasteiger partial charge in [-0.05, 0) is 19.1 Å².